The van der Waals surface area contributed by atoms with Crippen LogP contribution in [0, 0.1) is 13.8 Å². The van der Waals surface area contributed by atoms with Gasteiger partial charge in [0.25, 0.3) is 0 Å². The predicted molar refractivity (Wildman–Crippen MR) is 107 cm³/mol. The standard InChI is InChI=1S/C23H18O6/c1-13-10-17-19(11-14(13)2)29-21(18-4-3-9-27-18)22(20(17)24)28-12-15-5-7-16(8-6-15)23(25)26/h3-11H,12H2,1-2H3,(H,25,26). The maximum atomic E-state index is 13.2. The van der Waals surface area contributed by atoms with Crippen LogP contribution in [0.2, 0.25) is 0 Å². The summed E-state index contributed by atoms with van der Waals surface area (Å²) in [6.45, 7) is 3.96. The third kappa shape index (κ3) is 3.52. The van der Waals surface area contributed by atoms with Gasteiger partial charge in [0, 0.05) is 0 Å². The lowest BCUT2D eigenvalue weighted by atomic mass is 10.1. The molecule has 4 rings (SSSR count). The summed E-state index contributed by atoms with van der Waals surface area (Å²) in [4.78, 5) is 24.2. The van der Waals surface area contributed by atoms with Crippen LogP contribution in [0.25, 0.3) is 22.5 Å². The van der Waals surface area contributed by atoms with E-state index in [0.717, 1.165) is 16.7 Å². The average molecular weight is 390 g/mol. The highest BCUT2D eigenvalue weighted by Gasteiger charge is 2.20. The lowest BCUT2D eigenvalue weighted by molar-refractivity contribution is 0.0697. The largest absolute Gasteiger partial charge is 0.481 e. The van der Waals surface area contributed by atoms with Crippen molar-refractivity contribution in [3.63, 3.8) is 0 Å². The SMILES string of the molecule is Cc1cc2oc(-c3ccco3)c(OCc3ccc(C(=O)O)cc3)c(=O)c2cc1C. The Labute approximate surface area is 166 Å². The van der Waals surface area contributed by atoms with Crippen molar-refractivity contribution >= 4 is 16.9 Å². The van der Waals surface area contributed by atoms with Gasteiger partial charge in [0.2, 0.25) is 16.9 Å². The van der Waals surface area contributed by atoms with E-state index < -0.39 is 5.97 Å². The molecule has 0 aliphatic carbocycles. The number of hydrogen-bond donors (Lipinski definition) is 1. The van der Waals surface area contributed by atoms with E-state index in [0.29, 0.717) is 16.7 Å². The van der Waals surface area contributed by atoms with Crippen LogP contribution < -0.4 is 10.2 Å². The van der Waals surface area contributed by atoms with E-state index in [4.69, 9.17) is 18.7 Å². The van der Waals surface area contributed by atoms with Gasteiger partial charge in [-0.2, -0.15) is 0 Å². The van der Waals surface area contributed by atoms with Crippen molar-refractivity contribution in [2.24, 2.45) is 0 Å². The minimum absolute atomic E-state index is 0.0537. The van der Waals surface area contributed by atoms with Gasteiger partial charge in [0.05, 0.1) is 17.2 Å². The molecule has 0 radical (unpaired) electrons. The number of carboxylic acid groups (broad SMARTS) is 1. The molecule has 2 heterocycles. The highest BCUT2D eigenvalue weighted by atomic mass is 16.5. The molecule has 2 aromatic carbocycles. The third-order valence-electron chi connectivity index (χ3n) is 4.79. The Hall–Kier alpha value is -3.80. The molecule has 146 valence electrons. The van der Waals surface area contributed by atoms with Crippen LogP contribution in [0.1, 0.15) is 27.0 Å². The lowest BCUT2D eigenvalue weighted by Crippen LogP contribution is -2.10. The number of hydrogen-bond acceptors (Lipinski definition) is 5. The first kappa shape index (κ1) is 18.6. The highest BCUT2D eigenvalue weighted by Crippen LogP contribution is 2.32. The summed E-state index contributed by atoms with van der Waals surface area (Å²) >= 11 is 0. The minimum atomic E-state index is -1.00. The molecule has 1 N–H and O–H groups in total. The fourth-order valence-electron chi connectivity index (χ4n) is 3.03. The second-order valence-electron chi connectivity index (χ2n) is 6.79. The Morgan fingerprint density at radius 3 is 2.45 bits per heavy atom. The second-order valence-corrected chi connectivity index (χ2v) is 6.79. The monoisotopic (exact) mass is 390 g/mol. The van der Waals surface area contributed by atoms with Gasteiger partial charge in [-0.3, -0.25) is 4.79 Å². The van der Waals surface area contributed by atoms with E-state index >= 15 is 0 Å². The van der Waals surface area contributed by atoms with Crippen molar-refractivity contribution in [3.8, 4) is 17.3 Å². The third-order valence-corrected chi connectivity index (χ3v) is 4.79. The molecule has 6 heteroatoms. The molecular formula is C23H18O6. The molecule has 0 bridgehead atoms. The van der Waals surface area contributed by atoms with Crippen molar-refractivity contribution in [3.05, 3.63) is 87.3 Å². The normalized spacial score (nSPS) is 11.0. The molecule has 0 aliphatic rings. The quantitative estimate of drug-likeness (QED) is 0.519. The zero-order valence-corrected chi connectivity index (χ0v) is 15.9. The Kier molecular flexibility index (Phi) is 4.68. The Morgan fingerprint density at radius 2 is 1.79 bits per heavy atom. The fourth-order valence-corrected chi connectivity index (χ4v) is 3.03. The number of rotatable bonds is 5. The molecule has 0 saturated carbocycles. The topological polar surface area (TPSA) is 89.9 Å². The van der Waals surface area contributed by atoms with Crippen LogP contribution in [0.3, 0.4) is 0 Å². The van der Waals surface area contributed by atoms with Crippen LogP contribution in [0.4, 0.5) is 0 Å². The predicted octanol–water partition coefficient (Wildman–Crippen LogP) is 4.95. The zero-order valence-electron chi connectivity index (χ0n) is 15.9. The molecule has 6 nitrogen and oxygen atoms in total. The first-order valence-electron chi connectivity index (χ1n) is 9.01. The summed E-state index contributed by atoms with van der Waals surface area (Å²) in [5.74, 6) is -0.340. The summed E-state index contributed by atoms with van der Waals surface area (Å²) in [6.07, 6.45) is 1.49. The van der Waals surface area contributed by atoms with Gasteiger partial charge in [0.1, 0.15) is 12.2 Å². The van der Waals surface area contributed by atoms with E-state index in [-0.39, 0.29) is 29.1 Å². The summed E-state index contributed by atoms with van der Waals surface area (Å²) < 4.78 is 17.3. The fraction of sp³-hybridized carbons (Fsp3) is 0.130. The number of carbonyl (C=O) groups is 1. The van der Waals surface area contributed by atoms with Gasteiger partial charge in [-0.15, -0.1) is 0 Å². The number of carboxylic acids is 1. The molecule has 0 amide bonds. The molecule has 0 atom stereocenters. The summed E-state index contributed by atoms with van der Waals surface area (Å²) in [7, 11) is 0. The Morgan fingerprint density at radius 1 is 1.07 bits per heavy atom. The first-order chi connectivity index (χ1) is 13.9. The number of fused-ring (bicyclic) bond motifs is 1. The van der Waals surface area contributed by atoms with Gasteiger partial charge >= 0.3 is 5.97 Å². The van der Waals surface area contributed by atoms with Crippen molar-refractivity contribution < 1.29 is 23.5 Å². The van der Waals surface area contributed by atoms with Crippen molar-refractivity contribution in [2.45, 2.75) is 20.5 Å². The Balaban J connectivity index is 1.78. The highest BCUT2D eigenvalue weighted by molar-refractivity contribution is 5.87. The maximum Gasteiger partial charge on any atom is 0.335 e. The van der Waals surface area contributed by atoms with Crippen molar-refractivity contribution in [1.82, 2.24) is 0 Å². The molecule has 0 aliphatic heterocycles. The van der Waals surface area contributed by atoms with Gasteiger partial charge in [-0.25, -0.2) is 4.79 Å². The first-order valence-corrected chi connectivity index (χ1v) is 9.01. The Bertz CT molecular complexity index is 1250. The number of aryl methyl sites for hydroxylation is 2. The number of aromatic carboxylic acids is 1. The second kappa shape index (κ2) is 7.31. The van der Waals surface area contributed by atoms with Gasteiger partial charge in [0.15, 0.2) is 5.76 Å². The van der Waals surface area contributed by atoms with Gasteiger partial charge in [-0.05, 0) is 66.9 Å². The number of furan rings is 1. The summed E-state index contributed by atoms with van der Waals surface area (Å²) in [5.41, 5.74) is 3.07. The van der Waals surface area contributed by atoms with E-state index in [2.05, 4.69) is 0 Å². The van der Waals surface area contributed by atoms with Crippen LogP contribution in [0.5, 0.6) is 5.75 Å². The molecule has 2 aromatic heterocycles. The van der Waals surface area contributed by atoms with Crippen molar-refractivity contribution in [1.29, 1.82) is 0 Å². The van der Waals surface area contributed by atoms with Crippen LogP contribution in [-0.4, -0.2) is 11.1 Å². The number of benzene rings is 2. The van der Waals surface area contributed by atoms with Gasteiger partial charge in [-0.1, -0.05) is 12.1 Å². The molecule has 0 spiro atoms. The van der Waals surface area contributed by atoms with Crippen molar-refractivity contribution in [2.75, 3.05) is 0 Å². The summed E-state index contributed by atoms with van der Waals surface area (Å²) in [5, 5.41) is 9.44. The maximum absolute atomic E-state index is 13.2. The lowest BCUT2D eigenvalue weighted by Gasteiger charge is -2.11. The molecule has 0 saturated heterocycles. The zero-order chi connectivity index (χ0) is 20.5. The van der Waals surface area contributed by atoms with E-state index in [9.17, 15) is 9.59 Å². The smallest absolute Gasteiger partial charge is 0.335 e. The average Bonchev–Trinajstić information content (AvgIpc) is 3.24. The van der Waals surface area contributed by atoms with Gasteiger partial charge < -0.3 is 18.7 Å². The number of ether oxygens (including phenoxy) is 1. The van der Waals surface area contributed by atoms with Crippen LogP contribution in [0.15, 0.2) is 68.4 Å². The molecular weight excluding hydrogens is 372 g/mol. The van der Waals surface area contributed by atoms with Crippen LogP contribution >= 0.6 is 0 Å². The molecule has 0 unspecified atom stereocenters. The van der Waals surface area contributed by atoms with Crippen LogP contribution in [-0.2, 0) is 6.61 Å². The molecule has 0 fully saturated rings. The molecule has 29 heavy (non-hydrogen) atoms. The van der Waals surface area contributed by atoms with E-state index in [1.54, 1.807) is 30.3 Å². The minimum Gasteiger partial charge on any atom is -0.481 e. The van der Waals surface area contributed by atoms with E-state index in [1.807, 2.05) is 19.9 Å². The molecule has 4 aromatic rings. The van der Waals surface area contributed by atoms with E-state index in [1.165, 1.54) is 18.4 Å². The summed E-state index contributed by atoms with van der Waals surface area (Å²) in [6, 6.07) is 13.3.